The third-order valence-corrected chi connectivity index (χ3v) is 5.09. The van der Waals surface area contributed by atoms with Crippen LogP contribution >= 0.6 is 23.4 Å². The number of hydrogen-bond acceptors (Lipinski definition) is 6. The second kappa shape index (κ2) is 9.43. The molecule has 0 saturated carbocycles. The van der Waals surface area contributed by atoms with Crippen molar-refractivity contribution >= 4 is 35.0 Å². The van der Waals surface area contributed by atoms with E-state index in [-0.39, 0.29) is 34.8 Å². The topological polar surface area (TPSA) is 95.1 Å². The van der Waals surface area contributed by atoms with Crippen LogP contribution in [-0.4, -0.2) is 26.5 Å². The lowest BCUT2D eigenvalue weighted by molar-refractivity contribution is -0.137. The predicted octanol–water partition coefficient (Wildman–Crippen LogP) is 4.11. The van der Waals surface area contributed by atoms with E-state index < -0.39 is 28.5 Å². The van der Waals surface area contributed by atoms with E-state index in [0.717, 1.165) is 28.6 Å². The van der Waals surface area contributed by atoms with Gasteiger partial charge in [0.15, 0.2) is 17.4 Å². The van der Waals surface area contributed by atoms with Gasteiger partial charge in [-0.2, -0.15) is 13.2 Å². The second-order valence-corrected chi connectivity index (χ2v) is 7.37. The molecule has 1 aromatic heterocycles. The first-order chi connectivity index (χ1) is 14.6. The average molecular weight is 476 g/mol. The number of para-hydroxylation sites is 1. The first kappa shape index (κ1) is 22.7. The Morgan fingerprint density at radius 1 is 1.23 bits per heavy atom. The number of halogens is 5. The molecule has 2 aromatic carbocycles. The van der Waals surface area contributed by atoms with E-state index in [2.05, 4.69) is 15.5 Å². The van der Waals surface area contributed by atoms with E-state index in [1.54, 1.807) is 6.07 Å². The van der Waals surface area contributed by atoms with E-state index in [1.165, 1.54) is 24.3 Å². The Hall–Kier alpha value is -2.99. The fraction of sp³-hybridized carbons (Fsp3) is 0.167. The van der Waals surface area contributed by atoms with Crippen molar-refractivity contribution in [3.8, 4) is 5.75 Å². The smallest absolute Gasteiger partial charge is 0.417 e. The van der Waals surface area contributed by atoms with Gasteiger partial charge in [0.2, 0.25) is 11.1 Å². The number of anilines is 1. The molecule has 3 N–H and O–H groups in total. The maximum absolute atomic E-state index is 13.6. The highest BCUT2D eigenvalue weighted by Crippen LogP contribution is 2.36. The summed E-state index contributed by atoms with van der Waals surface area (Å²) in [6.07, 6.45) is -4.65. The van der Waals surface area contributed by atoms with Crippen molar-refractivity contribution in [2.24, 2.45) is 0 Å². The number of carbonyl (C=O) groups is 1. The molecular weight excluding hydrogens is 462 g/mol. The van der Waals surface area contributed by atoms with Crippen LogP contribution in [0.3, 0.4) is 0 Å². The summed E-state index contributed by atoms with van der Waals surface area (Å²) in [4.78, 5) is 12.1. The monoisotopic (exact) mass is 475 g/mol. The Labute approximate surface area is 182 Å². The number of benzene rings is 2. The number of nitrogens with one attached hydrogen (secondary N) is 1. The SMILES string of the molecule is Nn1c(COc2ccccc2F)nnc1SCC(=O)Nc1ccc(Cl)c(C(F)(F)F)c1. The lowest BCUT2D eigenvalue weighted by Gasteiger charge is -2.11. The maximum atomic E-state index is 13.6. The van der Waals surface area contributed by atoms with Gasteiger partial charge in [-0.05, 0) is 30.3 Å². The minimum atomic E-state index is -4.65. The predicted molar refractivity (Wildman–Crippen MR) is 107 cm³/mol. The highest BCUT2D eigenvalue weighted by atomic mass is 35.5. The Balaban J connectivity index is 1.57. The first-order valence-corrected chi connectivity index (χ1v) is 9.87. The summed E-state index contributed by atoms with van der Waals surface area (Å²) in [6.45, 7) is -0.165. The molecule has 7 nitrogen and oxygen atoms in total. The van der Waals surface area contributed by atoms with Crippen LogP contribution in [0, 0.1) is 5.82 Å². The highest BCUT2D eigenvalue weighted by molar-refractivity contribution is 7.99. The van der Waals surface area contributed by atoms with Crippen molar-refractivity contribution in [1.29, 1.82) is 0 Å². The number of nitrogen functional groups attached to an aromatic ring is 1. The molecule has 31 heavy (non-hydrogen) atoms. The van der Waals surface area contributed by atoms with Crippen LogP contribution in [0.2, 0.25) is 5.02 Å². The molecule has 13 heteroatoms. The number of rotatable bonds is 7. The van der Waals surface area contributed by atoms with Crippen LogP contribution < -0.4 is 15.9 Å². The molecule has 0 saturated heterocycles. The summed E-state index contributed by atoms with van der Waals surface area (Å²) >= 11 is 6.46. The molecule has 3 rings (SSSR count). The lowest BCUT2D eigenvalue weighted by Crippen LogP contribution is -2.18. The third-order valence-electron chi connectivity index (χ3n) is 3.82. The van der Waals surface area contributed by atoms with Gasteiger partial charge in [0.1, 0.15) is 6.61 Å². The average Bonchev–Trinajstić information content (AvgIpc) is 3.06. The van der Waals surface area contributed by atoms with E-state index >= 15 is 0 Å². The van der Waals surface area contributed by atoms with Crippen molar-refractivity contribution in [1.82, 2.24) is 14.9 Å². The largest absolute Gasteiger partial charge is 0.482 e. The molecule has 0 spiro atoms. The van der Waals surface area contributed by atoms with Crippen LogP contribution in [0.5, 0.6) is 5.75 Å². The third kappa shape index (κ3) is 5.79. The van der Waals surface area contributed by atoms with Crippen molar-refractivity contribution < 1.29 is 27.1 Å². The van der Waals surface area contributed by atoms with E-state index in [1.807, 2.05) is 0 Å². The fourth-order valence-electron chi connectivity index (χ4n) is 2.36. The normalized spacial score (nSPS) is 11.4. The van der Waals surface area contributed by atoms with Crippen molar-refractivity contribution in [3.05, 3.63) is 64.7 Å². The van der Waals surface area contributed by atoms with Gasteiger partial charge < -0.3 is 15.9 Å². The van der Waals surface area contributed by atoms with Crippen molar-refractivity contribution in [2.75, 3.05) is 16.9 Å². The molecule has 0 bridgehead atoms. The zero-order valence-corrected chi connectivity index (χ0v) is 17.1. The number of nitrogens with zero attached hydrogens (tertiary/aromatic N) is 3. The summed E-state index contributed by atoms with van der Waals surface area (Å²) < 4.78 is 58.7. The van der Waals surface area contributed by atoms with Gasteiger partial charge in [-0.15, -0.1) is 10.2 Å². The molecule has 0 aliphatic carbocycles. The van der Waals surface area contributed by atoms with Gasteiger partial charge in [-0.25, -0.2) is 9.07 Å². The van der Waals surface area contributed by atoms with Gasteiger partial charge in [-0.1, -0.05) is 35.5 Å². The maximum Gasteiger partial charge on any atom is 0.417 e. The van der Waals surface area contributed by atoms with Gasteiger partial charge in [-0.3, -0.25) is 4.79 Å². The highest BCUT2D eigenvalue weighted by Gasteiger charge is 2.33. The molecule has 3 aromatic rings. The van der Waals surface area contributed by atoms with Gasteiger partial charge in [0.05, 0.1) is 16.3 Å². The number of alkyl halides is 3. The van der Waals surface area contributed by atoms with Gasteiger partial charge in [0, 0.05) is 5.69 Å². The fourth-order valence-corrected chi connectivity index (χ4v) is 3.26. The number of carbonyl (C=O) groups excluding carboxylic acids is 1. The first-order valence-electron chi connectivity index (χ1n) is 8.51. The number of nitrogens with two attached hydrogens (primary N) is 1. The van der Waals surface area contributed by atoms with Crippen molar-refractivity contribution in [2.45, 2.75) is 17.9 Å². The number of hydrogen-bond donors (Lipinski definition) is 2. The number of aromatic nitrogens is 3. The number of ether oxygens (including phenoxy) is 1. The zero-order valence-electron chi connectivity index (χ0n) is 15.5. The Morgan fingerprint density at radius 3 is 2.68 bits per heavy atom. The van der Waals surface area contributed by atoms with E-state index in [0.29, 0.717) is 0 Å². The Kier molecular flexibility index (Phi) is 6.91. The molecular formula is C18H14ClF4N5O2S. The van der Waals surface area contributed by atoms with Crippen LogP contribution in [0.25, 0.3) is 0 Å². The van der Waals surface area contributed by atoms with Crippen molar-refractivity contribution in [3.63, 3.8) is 0 Å². The zero-order chi connectivity index (χ0) is 22.6. The molecule has 1 heterocycles. The van der Waals surface area contributed by atoms with Crippen LogP contribution in [0.4, 0.5) is 23.2 Å². The van der Waals surface area contributed by atoms with Gasteiger partial charge >= 0.3 is 6.18 Å². The summed E-state index contributed by atoms with van der Waals surface area (Å²) in [5, 5.41) is 9.68. The summed E-state index contributed by atoms with van der Waals surface area (Å²) in [5.41, 5.74) is -1.11. The van der Waals surface area contributed by atoms with Gasteiger partial charge in [0.25, 0.3) is 0 Å². The summed E-state index contributed by atoms with van der Waals surface area (Å²) in [7, 11) is 0. The summed E-state index contributed by atoms with van der Waals surface area (Å²) in [5.74, 6) is 4.71. The molecule has 1 amide bonds. The quantitative estimate of drug-likeness (QED) is 0.303. The Morgan fingerprint density at radius 2 is 1.97 bits per heavy atom. The van der Waals surface area contributed by atoms with Crippen LogP contribution in [-0.2, 0) is 17.6 Å². The second-order valence-electron chi connectivity index (χ2n) is 6.02. The molecule has 0 fully saturated rings. The molecule has 0 unspecified atom stereocenters. The van der Waals surface area contributed by atoms with E-state index in [9.17, 15) is 22.4 Å². The molecule has 0 atom stereocenters. The van der Waals surface area contributed by atoms with Crippen LogP contribution in [0.15, 0.2) is 47.6 Å². The minimum absolute atomic E-state index is 0.0141. The number of amides is 1. The summed E-state index contributed by atoms with van der Waals surface area (Å²) in [6, 6.07) is 8.84. The molecule has 0 radical (unpaired) electrons. The molecule has 0 aliphatic heterocycles. The standard InChI is InChI=1S/C18H14ClF4N5O2S/c19-12-6-5-10(7-11(12)18(21,22)23)25-16(29)9-31-17-27-26-15(28(17)24)8-30-14-4-2-1-3-13(14)20/h1-7H,8-9,24H2,(H,25,29). The lowest BCUT2D eigenvalue weighted by atomic mass is 10.2. The molecule has 164 valence electrons. The number of thioether (sulfide) groups is 1. The minimum Gasteiger partial charge on any atom is -0.482 e. The molecule has 0 aliphatic rings. The van der Waals surface area contributed by atoms with Crippen LogP contribution in [0.1, 0.15) is 11.4 Å². The van der Waals surface area contributed by atoms with E-state index in [4.69, 9.17) is 22.2 Å². The Bertz CT molecular complexity index is 1090.